The summed E-state index contributed by atoms with van der Waals surface area (Å²) < 4.78 is 5.45. The molecule has 0 aromatic heterocycles. The Morgan fingerprint density at radius 1 is 1.18 bits per heavy atom. The second kappa shape index (κ2) is 8.74. The number of nitrogens with two attached hydrogens (primary N) is 1. The Balaban J connectivity index is 1.82. The third-order valence-electron chi connectivity index (χ3n) is 5.19. The largest absolute Gasteiger partial charge is 0.496 e. The van der Waals surface area contributed by atoms with Gasteiger partial charge in [0.25, 0.3) is 0 Å². The lowest BCUT2D eigenvalue weighted by Crippen LogP contribution is -2.40. The first-order valence-corrected chi connectivity index (χ1v) is 9.44. The quantitative estimate of drug-likeness (QED) is 0.887. The molecule has 0 bridgehead atoms. The monoisotopic (exact) mass is 377 g/mol. The number of rotatable bonds is 4. The lowest BCUT2D eigenvalue weighted by Gasteiger charge is -2.30. The Kier molecular flexibility index (Phi) is 6.14. The molecule has 3 rings (SSSR count). The Morgan fingerprint density at radius 3 is 2.54 bits per heavy atom. The Labute approximate surface area is 166 Å². The molecule has 5 nitrogen and oxygen atoms in total. The fourth-order valence-corrected chi connectivity index (χ4v) is 3.57. The minimum Gasteiger partial charge on any atom is -0.496 e. The van der Waals surface area contributed by atoms with Gasteiger partial charge in [0.2, 0.25) is 5.91 Å². The van der Waals surface area contributed by atoms with E-state index in [1.807, 2.05) is 29.2 Å². The standard InChI is InChI=1S/C23H27N3O2/c1-16(27)26-13-12-22(25-2)20(15-26)21(24)14-17-8-10-18(11-9-17)19-6-4-5-7-23(19)28-3/h4-11H,12-15,24H2,1-3H3. The van der Waals surface area contributed by atoms with Crippen LogP contribution in [0.5, 0.6) is 5.75 Å². The minimum absolute atomic E-state index is 0.0709. The van der Waals surface area contributed by atoms with Gasteiger partial charge in [0, 0.05) is 62.4 Å². The first kappa shape index (κ1) is 19.7. The average Bonchev–Trinajstić information content (AvgIpc) is 2.73. The van der Waals surface area contributed by atoms with Crippen LogP contribution in [0.2, 0.25) is 0 Å². The summed E-state index contributed by atoms with van der Waals surface area (Å²) in [5.74, 6) is 0.925. The highest BCUT2D eigenvalue weighted by molar-refractivity contribution is 6.02. The third-order valence-corrected chi connectivity index (χ3v) is 5.19. The Bertz CT molecular complexity index is 914. The number of benzene rings is 2. The van der Waals surface area contributed by atoms with Crippen molar-refractivity contribution in [3.63, 3.8) is 0 Å². The van der Waals surface area contributed by atoms with Crippen molar-refractivity contribution in [2.45, 2.75) is 19.8 Å². The maximum atomic E-state index is 11.8. The lowest BCUT2D eigenvalue weighted by atomic mass is 9.96. The van der Waals surface area contributed by atoms with Crippen LogP contribution >= 0.6 is 0 Å². The van der Waals surface area contributed by atoms with Gasteiger partial charge in [-0.2, -0.15) is 0 Å². The molecule has 2 aromatic rings. The van der Waals surface area contributed by atoms with Crippen molar-refractivity contribution in [2.24, 2.45) is 10.7 Å². The number of methoxy groups -OCH3 is 1. The summed E-state index contributed by atoms with van der Waals surface area (Å²) in [6.07, 6.45) is 1.38. The van der Waals surface area contributed by atoms with Crippen LogP contribution in [0, 0.1) is 0 Å². The molecule has 0 radical (unpaired) electrons. The molecule has 1 aliphatic heterocycles. The van der Waals surface area contributed by atoms with Crippen molar-refractivity contribution in [3.8, 4) is 16.9 Å². The second-order valence-corrected chi connectivity index (χ2v) is 6.94. The zero-order chi connectivity index (χ0) is 20.1. The number of ether oxygens (including phenoxy) is 1. The fraction of sp³-hybridized carbons (Fsp3) is 0.304. The zero-order valence-corrected chi connectivity index (χ0v) is 16.7. The molecule has 0 saturated carbocycles. The van der Waals surface area contributed by atoms with Crippen LogP contribution in [0.4, 0.5) is 0 Å². The van der Waals surface area contributed by atoms with Gasteiger partial charge in [-0.3, -0.25) is 9.79 Å². The van der Waals surface area contributed by atoms with Crippen molar-refractivity contribution in [2.75, 3.05) is 27.2 Å². The molecule has 1 aliphatic rings. The molecule has 1 saturated heterocycles. The molecule has 0 aliphatic carbocycles. The highest BCUT2D eigenvalue weighted by atomic mass is 16.5. The second-order valence-electron chi connectivity index (χ2n) is 6.94. The van der Waals surface area contributed by atoms with Crippen molar-refractivity contribution in [1.82, 2.24) is 4.90 Å². The topological polar surface area (TPSA) is 67.9 Å². The normalized spacial score (nSPS) is 17.5. The van der Waals surface area contributed by atoms with Gasteiger partial charge in [-0.25, -0.2) is 0 Å². The predicted molar refractivity (Wildman–Crippen MR) is 114 cm³/mol. The van der Waals surface area contributed by atoms with Crippen LogP contribution in [0.15, 0.2) is 64.8 Å². The van der Waals surface area contributed by atoms with E-state index in [0.717, 1.165) is 45.8 Å². The minimum atomic E-state index is 0.0709. The van der Waals surface area contributed by atoms with E-state index in [1.165, 1.54) is 0 Å². The van der Waals surface area contributed by atoms with Crippen LogP contribution in [-0.4, -0.2) is 43.8 Å². The number of nitrogens with zero attached hydrogens (tertiary/aromatic N) is 2. The van der Waals surface area contributed by atoms with Gasteiger partial charge >= 0.3 is 0 Å². The molecule has 1 amide bonds. The smallest absolute Gasteiger partial charge is 0.219 e. The van der Waals surface area contributed by atoms with Gasteiger partial charge in [0.1, 0.15) is 5.75 Å². The van der Waals surface area contributed by atoms with Gasteiger partial charge in [0.15, 0.2) is 0 Å². The van der Waals surface area contributed by atoms with E-state index < -0.39 is 0 Å². The number of hydrogen-bond acceptors (Lipinski definition) is 4. The van der Waals surface area contributed by atoms with E-state index in [4.69, 9.17) is 10.5 Å². The van der Waals surface area contributed by atoms with E-state index in [9.17, 15) is 4.79 Å². The predicted octanol–water partition coefficient (Wildman–Crippen LogP) is 3.44. The third kappa shape index (κ3) is 4.25. The number of likely N-dealkylation sites (tertiary alicyclic amines) is 1. The summed E-state index contributed by atoms with van der Waals surface area (Å²) in [7, 11) is 3.47. The summed E-state index contributed by atoms with van der Waals surface area (Å²) in [4.78, 5) is 18.0. The van der Waals surface area contributed by atoms with E-state index in [0.29, 0.717) is 19.5 Å². The van der Waals surface area contributed by atoms with Gasteiger partial charge in [-0.15, -0.1) is 0 Å². The molecule has 2 N–H and O–H groups in total. The van der Waals surface area contributed by atoms with Crippen LogP contribution in [-0.2, 0) is 11.2 Å². The molecular weight excluding hydrogens is 350 g/mol. The number of para-hydroxylation sites is 1. The van der Waals surface area contributed by atoms with Gasteiger partial charge in [-0.1, -0.05) is 42.5 Å². The highest BCUT2D eigenvalue weighted by Gasteiger charge is 2.23. The maximum absolute atomic E-state index is 11.8. The summed E-state index contributed by atoms with van der Waals surface area (Å²) in [6, 6.07) is 16.3. The first-order valence-electron chi connectivity index (χ1n) is 9.44. The molecular formula is C23H27N3O2. The van der Waals surface area contributed by atoms with Crippen LogP contribution < -0.4 is 10.5 Å². The highest BCUT2D eigenvalue weighted by Crippen LogP contribution is 2.30. The lowest BCUT2D eigenvalue weighted by molar-refractivity contribution is -0.128. The van der Waals surface area contributed by atoms with E-state index >= 15 is 0 Å². The van der Waals surface area contributed by atoms with Crippen molar-refractivity contribution >= 4 is 11.6 Å². The number of carbonyl (C=O) groups excluding carboxylic acids is 1. The Hall–Kier alpha value is -3.08. The maximum Gasteiger partial charge on any atom is 0.219 e. The van der Waals surface area contributed by atoms with Crippen molar-refractivity contribution < 1.29 is 9.53 Å². The summed E-state index contributed by atoms with van der Waals surface area (Å²) >= 11 is 0. The van der Waals surface area contributed by atoms with Crippen molar-refractivity contribution in [1.29, 1.82) is 0 Å². The van der Waals surface area contributed by atoms with Crippen LogP contribution in [0.25, 0.3) is 11.1 Å². The molecule has 146 valence electrons. The molecule has 5 heteroatoms. The molecule has 0 atom stereocenters. The van der Waals surface area contributed by atoms with Gasteiger partial charge in [0.05, 0.1) is 7.11 Å². The van der Waals surface area contributed by atoms with Crippen molar-refractivity contribution in [3.05, 3.63) is 65.4 Å². The average molecular weight is 377 g/mol. The first-order chi connectivity index (χ1) is 13.5. The summed E-state index contributed by atoms with van der Waals surface area (Å²) in [5, 5.41) is 0. The molecule has 2 aromatic carbocycles. The zero-order valence-electron chi connectivity index (χ0n) is 16.7. The van der Waals surface area contributed by atoms with Gasteiger partial charge < -0.3 is 15.4 Å². The summed E-state index contributed by atoms with van der Waals surface area (Å²) in [6.45, 7) is 2.83. The molecule has 0 unspecified atom stereocenters. The van der Waals surface area contributed by atoms with E-state index in [-0.39, 0.29) is 5.91 Å². The number of allylic oxidation sites excluding steroid dienone is 1. The molecule has 28 heavy (non-hydrogen) atoms. The van der Waals surface area contributed by atoms with E-state index in [1.54, 1.807) is 21.1 Å². The SMILES string of the molecule is CN=C1CCN(C(C)=O)CC1=C(N)Cc1ccc(-c2ccccc2OC)cc1. The molecule has 1 fully saturated rings. The Morgan fingerprint density at radius 2 is 1.89 bits per heavy atom. The number of hydrogen-bond donors (Lipinski definition) is 1. The van der Waals surface area contributed by atoms with Crippen LogP contribution in [0.3, 0.4) is 0 Å². The van der Waals surface area contributed by atoms with E-state index in [2.05, 4.69) is 29.3 Å². The number of aliphatic imine (C=N–C) groups is 1. The molecule has 0 spiro atoms. The van der Waals surface area contributed by atoms with Crippen LogP contribution in [0.1, 0.15) is 18.9 Å². The molecule has 1 heterocycles. The number of amides is 1. The fourth-order valence-electron chi connectivity index (χ4n) is 3.57. The van der Waals surface area contributed by atoms with Gasteiger partial charge in [-0.05, 0) is 17.2 Å². The summed E-state index contributed by atoms with van der Waals surface area (Å²) in [5.41, 5.74) is 12.5. The number of carbonyl (C=O) groups is 1. The number of piperidine rings is 1.